The molecule has 124 valence electrons. The first kappa shape index (κ1) is 18.4. The number of rotatable bonds is 7. The van der Waals surface area contributed by atoms with Gasteiger partial charge in [-0.05, 0) is 34.6 Å². The Morgan fingerprint density at radius 1 is 1.36 bits per heavy atom. The molecule has 0 bridgehead atoms. The van der Waals surface area contributed by atoms with Gasteiger partial charge in [-0.2, -0.15) is 0 Å². The van der Waals surface area contributed by atoms with E-state index in [1.165, 1.54) is 0 Å². The maximum atomic E-state index is 11.5. The van der Waals surface area contributed by atoms with Gasteiger partial charge in [-0.1, -0.05) is 0 Å². The highest BCUT2D eigenvalue weighted by molar-refractivity contribution is 7.11. The third kappa shape index (κ3) is 6.89. The SMILES string of the molecule is CCNC(=NCc1sc(C)nc1C)NCCC(=O)OC(C)C. The van der Waals surface area contributed by atoms with Gasteiger partial charge in [-0.15, -0.1) is 11.3 Å². The van der Waals surface area contributed by atoms with Gasteiger partial charge in [0, 0.05) is 18.0 Å². The van der Waals surface area contributed by atoms with Gasteiger partial charge in [0.05, 0.1) is 29.8 Å². The molecule has 0 aliphatic rings. The molecule has 1 aromatic rings. The molecule has 6 nitrogen and oxygen atoms in total. The fourth-order valence-electron chi connectivity index (χ4n) is 1.82. The first-order valence-corrected chi connectivity index (χ1v) is 8.38. The van der Waals surface area contributed by atoms with Gasteiger partial charge in [0.1, 0.15) is 0 Å². The van der Waals surface area contributed by atoms with E-state index in [1.54, 1.807) is 11.3 Å². The van der Waals surface area contributed by atoms with Crippen LogP contribution in [0.2, 0.25) is 0 Å². The number of thiazole rings is 1. The van der Waals surface area contributed by atoms with Crippen molar-refractivity contribution in [3.63, 3.8) is 0 Å². The summed E-state index contributed by atoms with van der Waals surface area (Å²) < 4.78 is 5.09. The van der Waals surface area contributed by atoms with Crippen LogP contribution in [-0.2, 0) is 16.1 Å². The summed E-state index contributed by atoms with van der Waals surface area (Å²) in [7, 11) is 0. The average Bonchev–Trinajstić information content (AvgIpc) is 2.73. The van der Waals surface area contributed by atoms with E-state index in [9.17, 15) is 4.79 Å². The summed E-state index contributed by atoms with van der Waals surface area (Å²) in [6, 6.07) is 0. The van der Waals surface area contributed by atoms with Crippen molar-refractivity contribution in [3.05, 3.63) is 15.6 Å². The standard InChI is InChI=1S/C15H26N4O2S/c1-6-16-15(17-8-7-14(20)21-10(2)3)18-9-13-11(4)19-12(5)22-13/h10H,6-9H2,1-5H3,(H2,16,17,18). The molecule has 1 heterocycles. The monoisotopic (exact) mass is 326 g/mol. The number of aromatic nitrogens is 1. The van der Waals surface area contributed by atoms with E-state index in [4.69, 9.17) is 4.74 Å². The number of nitrogens with zero attached hydrogens (tertiary/aromatic N) is 2. The molecule has 0 saturated heterocycles. The molecule has 0 atom stereocenters. The van der Waals surface area contributed by atoms with Gasteiger partial charge in [0.15, 0.2) is 5.96 Å². The quantitative estimate of drug-likeness (QED) is 0.456. The summed E-state index contributed by atoms with van der Waals surface area (Å²) in [6.07, 6.45) is 0.244. The first-order chi connectivity index (χ1) is 10.4. The predicted octanol–water partition coefficient (Wildman–Crippen LogP) is 2.16. The van der Waals surface area contributed by atoms with Crippen LogP contribution in [0.1, 0.15) is 42.8 Å². The number of nitrogens with one attached hydrogen (secondary N) is 2. The second-order valence-corrected chi connectivity index (χ2v) is 6.44. The van der Waals surface area contributed by atoms with Crippen LogP contribution in [0, 0.1) is 13.8 Å². The molecule has 0 unspecified atom stereocenters. The molecule has 0 aliphatic carbocycles. The number of hydrogen-bond acceptors (Lipinski definition) is 5. The Hall–Kier alpha value is -1.63. The lowest BCUT2D eigenvalue weighted by Gasteiger charge is -2.12. The number of aryl methyl sites for hydroxylation is 2. The minimum absolute atomic E-state index is 0.0769. The fraction of sp³-hybridized carbons (Fsp3) is 0.667. The second-order valence-electron chi connectivity index (χ2n) is 5.15. The molecule has 0 fully saturated rings. The first-order valence-electron chi connectivity index (χ1n) is 7.57. The van der Waals surface area contributed by atoms with Crippen molar-refractivity contribution < 1.29 is 9.53 Å². The molecule has 0 saturated carbocycles. The van der Waals surface area contributed by atoms with Gasteiger partial charge >= 0.3 is 5.97 Å². The van der Waals surface area contributed by atoms with Crippen molar-refractivity contribution in [2.24, 2.45) is 4.99 Å². The number of hydrogen-bond donors (Lipinski definition) is 2. The van der Waals surface area contributed by atoms with Gasteiger partial charge in [-0.3, -0.25) is 4.79 Å². The Morgan fingerprint density at radius 3 is 2.64 bits per heavy atom. The second kappa shape index (κ2) is 9.40. The van der Waals surface area contributed by atoms with Crippen molar-refractivity contribution in [3.8, 4) is 0 Å². The fourth-order valence-corrected chi connectivity index (χ4v) is 2.68. The van der Waals surface area contributed by atoms with Crippen LogP contribution in [0.5, 0.6) is 0 Å². The molecular formula is C15H26N4O2S. The van der Waals surface area contributed by atoms with Crippen LogP contribution in [0.3, 0.4) is 0 Å². The van der Waals surface area contributed by atoms with E-state index in [0.29, 0.717) is 25.5 Å². The van der Waals surface area contributed by atoms with E-state index in [2.05, 4.69) is 20.6 Å². The van der Waals surface area contributed by atoms with Crippen molar-refractivity contribution in [1.82, 2.24) is 15.6 Å². The minimum Gasteiger partial charge on any atom is -0.463 e. The predicted molar refractivity (Wildman–Crippen MR) is 90.3 cm³/mol. The summed E-state index contributed by atoms with van der Waals surface area (Å²) in [5.74, 6) is 0.498. The topological polar surface area (TPSA) is 75.6 Å². The summed E-state index contributed by atoms with van der Waals surface area (Å²) in [4.78, 5) is 21.6. The Balaban J connectivity index is 2.48. The molecule has 1 aromatic heterocycles. The van der Waals surface area contributed by atoms with Gasteiger partial charge in [0.2, 0.25) is 0 Å². The molecule has 2 N–H and O–H groups in total. The number of aliphatic imine (C=N–C) groups is 1. The molecule has 0 aliphatic heterocycles. The largest absolute Gasteiger partial charge is 0.463 e. The lowest BCUT2D eigenvalue weighted by atomic mass is 10.4. The van der Waals surface area contributed by atoms with Crippen molar-refractivity contribution in [1.29, 1.82) is 0 Å². The molecule has 0 amide bonds. The van der Waals surface area contributed by atoms with Crippen LogP contribution in [0.15, 0.2) is 4.99 Å². The maximum Gasteiger partial charge on any atom is 0.307 e. The highest BCUT2D eigenvalue weighted by Gasteiger charge is 2.07. The van der Waals surface area contributed by atoms with Crippen LogP contribution < -0.4 is 10.6 Å². The summed E-state index contributed by atoms with van der Waals surface area (Å²) in [5.41, 5.74) is 1.03. The molecule has 0 aromatic carbocycles. The van der Waals surface area contributed by atoms with Gasteiger partial charge in [-0.25, -0.2) is 9.98 Å². The average molecular weight is 326 g/mol. The Labute approximate surface area is 136 Å². The van der Waals surface area contributed by atoms with Crippen LogP contribution in [-0.4, -0.2) is 36.1 Å². The number of esters is 1. The molecule has 1 rings (SSSR count). The van der Waals surface area contributed by atoms with E-state index >= 15 is 0 Å². The van der Waals surface area contributed by atoms with E-state index in [-0.39, 0.29) is 12.1 Å². The summed E-state index contributed by atoms with van der Waals surface area (Å²) in [6.45, 7) is 11.5. The third-order valence-corrected chi connectivity index (χ3v) is 3.77. The number of carbonyl (C=O) groups excluding carboxylic acids is 1. The van der Waals surface area contributed by atoms with E-state index in [1.807, 2.05) is 34.6 Å². The van der Waals surface area contributed by atoms with Gasteiger partial charge < -0.3 is 15.4 Å². The number of ether oxygens (including phenoxy) is 1. The van der Waals surface area contributed by atoms with Gasteiger partial charge in [0.25, 0.3) is 0 Å². The highest BCUT2D eigenvalue weighted by Crippen LogP contribution is 2.17. The number of carbonyl (C=O) groups is 1. The van der Waals surface area contributed by atoms with Crippen molar-refractivity contribution in [2.75, 3.05) is 13.1 Å². The van der Waals surface area contributed by atoms with Crippen molar-refractivity contribution in [2.45, 2.75) is 53.7 Å². The Kier molecular flexibility index (Phi) is 7.87. The molecule has 22 heavy (non-hydrogen) atoms. The normalized spacial score (nSPS) is 11.6. The number of guanidine groups is 1. The Morgan fingerprint density at radius 2 is 2.09 bits per heavy atom. The zero-order valence-electron chi connectivity index (χ0n) is 14.0. The molecular weight excluding hydrogens is 300 g/mol. The van der Waals surface area contributed by atoms with Crippen LogP contribution in [0.25, 0.3) is 0 Å². The van der Waals surface area contributed by atoms with Crippen LogP contribution >= 0.6 is 11.3 Å². The van der Waals surface area contributed by atoms with E-state index in [0.717, 1.165) is 22.1 Å². The summed E-state index contributed by atoms with van der Waals surface area (Å²) >= 11 is 1.66. The summed E-state index contributed by atoms with van der Waals surface area (Å²) in [5, 5.41) is 7.36. The lowest BCUT2D eigenvalue weighted by molar-refractivity contribution is -0.147. The third-order valence-electron chi connectivity index (χ3n) is 2.71. The molecule has 0 spiro atoms. The zero-order chi connectivity index (χ0) is 16.5. The lowest BCUT2D eigenvalue weighted by Crippen LogP contribution is -2.38. The zero-order valence-corrected chi connectivity index (χ0v) is 14.8. The van der Waals surface area contributed by atoms with Crippen molar-refractivity contribution >= 4 is 23.3 Å². The molecule has 0 radical (unpaired) electrons. The smallest absolute Gasteiger partial charge is 0.307 e. The Bertz CT molecular complexity index is 512. The van der Waals surface area contributed by atoms with Crippen LogP contribution in [0.4, 0.5) is 0 Å². The maximum absolute atomic E-state index is 11.5. The van der Waals surface area contributed by atoms with E-state index < -0.39 is 0 Å². The molecule has 7 heteroatoms. The highest BCUT2D eigenvalue weighted by atomic mass is 32.1. The minimum atomic E-state index is -0.202.